The van der Waals surface area contributed by atoms with Crippen molar-refractivity contribution < 1.29 is 17.6 Å². The summed E-state index contributed by atoms with van der Waals surface area (Å²) in [4.78, 5) is 5.33. The predicted octanol–water partition coefficient (Wildman–Crippen LogP) is 2.86. The minimum atomic E-state index is -4.21. The Morgan fingerprint density at radius 1 is 1.40 bits per heavy atom. The Hall–Kier alpha value is -1.37. The third-order valence-corrected chi connectivity index (χ3v) is 3.16. The maximum absolute atomic E-state index is 13.2. The van der Waals surface area contributed by atoms with Crippen LogP contribution in [0.15, 0.2) is 12.3 Å². The number of rotatable bonds is 6. The SMILES string of the molecule is CN(CCC(F)(F)F)c1ncc(F)cc1CNC1CC1. The van der Waals surface area contributed by atoms with Gasteiger partial charge < -0.3 is 10.2 Å². The van der Waals surface area contributed by atoms with Crippen molar-refractivity contribution in [3.63, 3.8) is 0 Å². The Labute approximate surface area is 115 Å². The normalized spacial score (nSPS) is 15.4. The summed E-state index contributed by atoms with van der Waals surface area (Å²) in [5, 5.41) is 3.21. The minimum absolute atomic E-state index is 0.196. The molecule has 0 spiro atoms. The third kappa shape index (κ3) is 4.63. The van der Waals surface area contributed by atoms with Crippen LogP contribution in [0.2, 0.25) is 0 Å². The van der Waals surface area contributed by atoms with Crippen LogP contribution in [-0.2, 0) is 6.54 Å². The van der Waals surface area contributed by atoms with E-state index < -0.39 is 18.4 Å². The Balaban J connectivity index is 2.03. The van der Waals surface area contributed by atoms with E-state index in [0.717, 1.165) is 19.0 Å². The van der Waals surface area contributed by atoms with Gasteiger partial charge >= 0.3 is 6.18 Å². The van der Waals surface area contributed by atoms with Gasteiger partial charge in [0.2, 0.25) is 0 Å². The summed E-state index contributed by atoms with van der Waals surface area (Å²) in [6.07, 6.45) is -1.93. The second-order valence-electron chi connectivity index (χ2n) is 5.08. The van der Waals surface area contributed by atoms with Crippen LogP contribution in [0.5, 0.6) is 0 Å². The zero-order valence-corrected chi connectivity index (χ0v) is 11.2. The van der Waals surface area contributed by atoms with Crippen molar-refractivity contribution in [2.75, 3.05) is 18.5 Å². The van der Waals surface area contributed by atoms with Crippen LogP contribution in [0.3, 0.4) is 0 Å². The van der Waals surface area contributed by atoms with Crippen molar-refractivity contribution in [1.82, 2.24) is 10.3 Å². The zero-order valence-electron chi connectivity index (χ0n) is 11.2. The smallest absolute Gasteiger partial charge is 0.359 e. The molecule has 0 bridgehead atoms. The molecule has 1 aliphatic carbocycles. The summed E-state index contributed by atoms with van der Waals surface area (Å²) in [5.74, 6) is -0.0885. The fraction of sp³-hybridized carbons (Fsp3) is 0.615. The van der Waals surface area contributed by atoms with Crippen LogP contribution >= 0.6 is 0 Å². The lowest BCUT2D eigenvalue weighted by Gasteiger charge is -2.22. The van der Waals surface area contributed by atoms with Gasteiger partial charge in [0.15, 0.2) is 0 Å². The van der Waals surface area contributed by atoms with E-state index >= 15 is 0 Å². The average Bonchev–Trinajstić information content (AvgIpc) is 3.16. The van der Waals surface area contributed by atoms with Gasteiger partial charge in [-0.15, -0.1) is 0 Å². The average molecular weight is 291 g/mol. The van der Waals surface area contributed by atoms with Gasteiger partial charge in [0.1, 0.15) is 11.6 Å². The number of aromatic nitrogens is 1. The molecule has 0 aliphatic heterocycles. The van der Waals surface area contributed by atoms with Gasteiger partial charge in [-0.25, -0.2) is 9.37 Å². The molecule has 1 aromatic rings. The highest BCUT2D eigenvalue weighted by Crippen LogP contribution is 2.24. The summed E-state index contributed by atoms with van der Waals surface area (Å²) in [6, 6.07) is 1.76. The van der Waals surface area contributed by atoms with Crippen LogP contribution in [0.4, 0.5) is 23.4 Å². The highest BCUT2D eigenvalue weighted by molar-refractivity contribution is 5.46. The predicted molar refractivity (Wildman–Crippen MR) is 68.0 cm³/mol. The van der Waals surface area contributed by atoms with Gasteiger partial charge in [0.05, 0.1) is 12.6 Å². The molecule has 1 aliphatic rings. The molecule has 0 amide bonds. The number of alkyl halides is 3. The molecule has 1 N–H and O–H groups in total. The fourth-order valence-corrected chi connectivity index (χ4v) is 1.89. The van der Waals surface area contributed by atoms with Gasteiger partial charge in [0.25, 0.3) is 0 Å². The minimum Gasteiger partial charge on any atom is -0.359 e. The van der Waals surface area contributed by atoms with E-state index in [1.165, 1.54) is 18.0 Å². The summed E-state index contributed by atoms with van der Waals surface area (Å²) < 4.78 is 50.0. The quantitative estimate of drug-likeness (QED) is 0.817. The lowest BCUT2D eigenvalue weighted by atomic mass is 10.2. The molecule has 20 heavy (non-hydrogen) atoms. The molecule has 112 valence electrons. The first-order chi connectivity index (χ1) is 9.35. The number of nitrogens with zero attached hydrogens (tertiary/aromatic N) is 2. The van der Waals surface area contributed by atoms with Crippen LogP contribution in [0.25, 0.3) is 0 Å². The standard InChI is InChI=1S/C13H17F4N3/c1-20(5-4-13(15,16)17)12-9(6-10(14)8-19-12)7-18-11-2-3-11/h6,8,11,18H,2-5,7H2,1H3. The van der Waals surface area contributed by atoms with E-state index in [2.05, 4.69) is 10.3 Å². The van der Waals surface area contributed by atoms with Gasteiger partial charge in [-0.05, 0) is 18.9 Å². The van der Waals surface area contributed by atoms with Crippen molar-refractivity contribution in [3.8, 4) is 0 Å². The van der Waals surface area contributed by atoms with Crippen LogP contribution in [0.1, 0.15) is 24.8 Å². The van der Waals surface area contributed by atoms with Gasteiger partial charge in [0, 0.05) is 31.7 Å². The molecule has 7 heteroatoms. The van der Waals surface area contributed by atoms with Crippen LogP contribution in [0, 0.1) is 5.82 Å². The molecule has 0 atom stereocenters. The third-order valence-electron chi connectivity index (χ3n) is 3.16. The topological polar surface area (TPSA) is 28.2 Å². The summed E-state index contributed by atoms with van der Waals surface area (Å²) in [6.45, 7) is 0.222. The molecule has 3 nitrogen and oxygen atoms in total. The van der Waals surface area contributed by atoms with Crippen molar-refractivity contribution in [3.05, 3.63) is 23.6 Å². The van der Waals surface area contributed by atoms with Gasteiger partial charge in [-0.1, -0.05) is 0 Å². The van der Waals surface area contributed by atoms with E-state index in [1.54, 1.807) is 0 Å². The largest absolute Gasteiger partial charge is 0.390 e. The molecule has 0 saturated heterocycles. The van der Waals surface area contributed by atoms with Crippen LogP contribution in [-0.4, -0.2) is 30.8 Å². The maximum atomic E-state index is 13.2. The molecule has 1 fully saturated rings. The Bertz CT molecular complexity index is 457. The first kappa shape index (κ1) is 15.0. The lowest BCUT2D eigenvalue weighted by molar-refractivity contribution is -0.132. The molecule has 2 rings (SSSR count). The zero-order chi connectivity index (χ0) is 14.8. The highest BCUT2D eigenvalue weighted by atomic mass is 19.4. The van der Waals surface area contributed by atoms with Crippen molar-refractivity contribution in [2.24, 2.45) is 0 Å². The van der Waals surface area contributed by atoms with E-state index in [0.29, 0.717) is 24.0 Å². The lowest BCUT2D eigenvalue weighted by Crippen LogP contribution is -2.27. The summed E-state index contributed by atoms with van der Waals surface area (Å²) in [5.41, 5.74) is 0.585. The van der Waals surface area contributed by atoms with E-state index in [1.807, 2.05) is 0 Å². The van der Waals surface area contributed by atoms with Gasteiger partial charge in [-0.3, -0.25) is 0 Å². The van der Waals surface area contributed by atoms with Gasteiger partial charge in [-0.2, -0.15) is 13.2 Å². The second kappa shape index (κ2) is 5.95. The molecule has 0 radical (unpaired) electrons. The first-order valence-electron chi connectivity index (χ1n) is 6.51. The maximum Gasteiger partial charge on any atom is 0.390 e. The number of nitrogens with one attached hydrogen (secondary N) is 1. The van der Waals surface area contributed by atoms with Crippen molar-refractivity contribution in [1.29, 1.82) is 0 Å². The molecule has 1 heterocycles. The molecule has 0 aromatic carbocycles. The summed E-state index contributed by atoms with van der Waals surface area (Å²) >= 11 is 0. The highest BCUT2D eigenvalue weighted by Gasteiger charge is 2.28. The van der Waals surface area contributed by atoms with E-state index in [4.69, 9.17) is 0 Å². The Morgan fingerprint density at radius 3 is 2.70 bits per heavy atom. The number of pyridine rings is 1. The molecular formula is C13H17F4N3. The van der Waals surface area contributed by atoms with Crippen molar-refractivity contribution >= 4 is 5.82 Å². The molecular weight excluding hydrogens is 274 g/mol. The molecule has 0 unspecified atom stereocenters. The number of anilines is 1. The second-order valence-corrected chi connectivity index (χ2v) is 5.08. The Morgan fingerprint density at radius 2 is 2.10 bits per heavy atom. The van der Waals surface area contributed by atoms with E-state index in [-0.39, 0.29) is 6.54 Å². The first-order valence-corrected chi connectivity index (χ1v) is 6.51. The number of halogens is 4. The molecule has 1 aromatic heterocycles. The number of hydrogen-bond acceptors (Lipinski definition) is 3. The monoisotopic (exact) mass is 291 g/mol. The van der Waals surface area contributed by atoms with Crippen molar-refractivity contribution in [2.45, 2.75) is 38.0 Å². The van der Waals surface area contributed by atoms with Crippen LogP contribution < -0.4 is 10.2 Å². The van der Waals surface area contributed by atoms with E-state index in [9.17, 15) is 17.6 Å². The fourth-order valence-electron chi connectivity index (χ4n) is 1.89. The Kier molecular flexibility index (Phi) is 4.47. The number of hydrogen-bond donors (Lipinski definition) is 1. The molecule has 1 saturated carbocycles. The summed E-state index contributed by atoms with van der Waals surface area (Å²) in [7, 11) is 1.53.